The minimum absolute atomic E-state index is 0.438. The third-order valence-corrected chi connectivity index (χ3v) is 4.63. The van der Waals surface area contributed by atoms with Gasteiger partial charge in [-0.2, -0.15) is 0 Å². The number of anilines is 1. The Balaban J connectivity index is 1.88. The summed E-state index contributed by atoms with van der Waals surface area (Å²) in [7, 11) is 1.67. The summed E-state index contributed by atoms with van der Waals surface area (Å²) >= 11 is 1.66. The largest absolute Gasteiger partial charge is 0.377 e. The molecule has 4 nitrogen and oxygen atoms in total. The van der Waals surface area contributed by atoms with E-state index in [1.807, 2.05) is 6.07 Å². The highest BCUT2D eigenvalue weighted by atomic mass is 32.1. The molecule has 1 aliphatic rings. The van der Waals surface area contributed by atoms with Gasteiger partial charge in [0.25, 0.3) is 0 Å². The number of hydrogen-bond donors (Lipinski definition) is 1. The number of rotatable bonds is 5. The van der Waals surface area contributed by atoms with Crippen LogP contribution in [-0.2, 0) is 11.3 Å². The molecule has 1 aliphatic carbocycles. The molecule has 1 fully saturated rings. The van der Waals surface area contributed by atoms with Crippen molar-refractivity contribution in [3.63, 3.8) is 0 Å². The third-order valence-electron chi connectivity index (χ3n) is 3.76. The molecule has 0 radical (unpaired) electrons. The molecule has 3 aromatic rings. The molecule has 0 aliphatic heterocycles. The van der Waals surface area contributed by atoms with E-state index >= 15 is 0 Å². The molecule has 0 atom stereocenters. The first-order chi connectivity index (χ1) is 10.8. The number of thiophene rings is 1. The summed E-state index contributed by atoms with van der Waals surface area (Å²) in [6.07, 6.45) is 2.44. The third kappa shape index (κ3) is 2.58. The summed E-state index contributed by atoms with van der Waals surface area (Å²) in [5, 5.41) is 6.85. The molecule has 0 spiro atoms. The lowest BCUT2D eigenvalue weighted by Gasteiger charge is -2.09. The van der Waals surface area contributed by atoms with Crippen LogP contribution in [0.15, 0.2) is 35.7 Å². The molecule has 22 heavy (non-hydrogen) atoms. The van der Waals surface area contributed by atoms with Crippen molar-refractivity contribution in [1.29, 1.82) is 0 Å². The number of hydrogen-bond acceptors (Lipinski definition) is 5. The summed E-state index contributed by atoms with van der Waals surface area (Å²) in [6.45, 7) is 0.438. The second-order valence-corrected chi connectivity index (χ2v) is 6.39. The second kappa shape index (κ2) is 5.66. The van der Waals surface area contributed by atoms with Crippen LogP contribution in [0.1, 0.15) is 18.7 Å². The summed E-state index contributed by atoms with van der Waals surface area (Å²) < 4.78 is 5.20. The molecule has 1 saturated carbocycles. The van der Waals surface area contributed by atoms with Crippen molar-refractivity contribution in [1.82, 2.24) is 9.97 Å². The Morgan fingerprint density at radius 1 is 1.23 bits per heavy atom. The van der Waals surface area contributed by atoms with Gasteiger partial charge in [0.1, 0.15) is 17.3 Å². The van der Waals surface area contributed by atoms with Gasteiger partial charge in [0.15, 0.2) is 5.82 Å². The first-order valence-corrected chi connectivity index (χ1v) is 8.32. The van der Waals surface area contributed by atoms with Crippen LogP contribution < -0.4 is 5.32 Å². The van der Waals surface area contributed by atoms with E-state index in [4.69, 9.17) is 4.74 Å². The number of benzene rings is 1. The molecular weight excluding hydrogens is 294 g/mol. The van der Waals surface area contributed by atoms with Crippen LogP contribution in [-0.4, -0.2) is 23.1 Å². The van der Waals surface area contributed by atoms with Crippen molar-refractivity contribution >= 4 is 27.4 Å². The average Bonchev–Trinajstić information content (AvgIpc) is 3.25. The maximum atomic E-state index is 5.20. The number of nitrogens with one attached hydrogen (secondary N) is 1. The molecular formula is C17H17N3OS. The Hall–Kier alpha value is -1.98. The van der Waals surface area contributed by atoms with Crippen molar-refractivity contribution in [3.05, 3.63) is 41.5 Å². The minimum Gasteiger partial charge on any atom is -0.377 e. The fourth-order valence-electron chi connectivity index (χ4n) is 2.54. The van der Waals surface area contributed by atoms with E-state index in [2.05, 4.69) is 44.9 Å². The topological polar surface area (TPSA) is 47.0 Å². The van der Waals surface area contributed by atoms with Crippen molar-refractivity contribution < 1.29 is 4.74 Å². The highest BCUT2D eigenvalue weighted by Gasteiger charge is 2.24. The fourth-order valence-corrected chi connectivity index (χ4v) is 3.50. The molecule has 1 N–H and O–H groups in total. The number of methoxy groups -OCH3 is 1. The summed E-state index contributed by atoms with van der Waals surface area (Å²) in [6, 6.07) is 11.0. The van der Waals surface area contributed by atoms with Gasteiger partial charge in [0.05, 0.1) is 5.39 Å². The van der Waals surface area contributed by atoms with Crippen molar-refractivity contribution in [2.75, 3.05) is 12.4 Å². The number of ether oxygens (including phenoxy) is 1. The van der Waals surface area contributed by atoms with Crippen LogP contribution in [0.4, 0.5) is 5.82 Å². The number of aromatic nitrogens is 2. The smallest absolute Gasteiger partial charge is 0.158 e. The van der Waals surface area contributed by atoms with E-state index in [1.54, 1.807) is 18.4 Å². The molecule has 0 bridgehead atoms. The molecule has 4 rings (SSSR count). The predicted octanol–water partition coefficient (Wildman–Crippen LogP) is 4.08. The van der Waals surface area contributed by atoms with E-state index < -0.39 is 0 Å². The zero-order chi connectivity index (χ0) is 14.9. The van der Waals surface area contributed by atoms with E-state index in [9.17, 15) is 0 Å². The van der Waals surface area contributed by atoms with Crippen LogP contribution in [0.25, 0.3) is 21.3 Å². The molecule has 1 aromatic carbocycles. The normalized spacial score (nSPS) is 14.4. The summed E-state index contributed by atoms with van der Waals surface area (Å²) in [4.78, 5) is 10.3. The standard InChI is InChI=1S/C17H17N3OS/c1-21-9-14-19-16(18-12-7-8-12)15-13(10-22-17(15)20-14)11-5-3-2-4-6-11/h2-6,10,12H,7-9H2,1H3,(H,18,19,20). The SMILES string of the molecule is COCc1nc(NC2CC2)c2c(-c3ccccc3)csc2n1. The maximum absolute atomic E-state index is 5.20. The molecule has 0 saturated heterocycles. The highest BCUT2D eigenvalue weighted by molar-refractivity contribution is 7.17. The average molecular weight is 311 g/mol. The van der Waals surface area contributed by atoms with Gasteiger partial charge in [-0.3, -0.25) is 0 Å². The zero-order valence-electron chi connectivity index (χ0n) is 12.4. The van der Waals surface area contributed by atoms with Gasteiger partial charge in [-0.25, -0.2) is 9.97 Å². The van der Waals surface area contributed by atoms with Crippen molar-refractivity contribution in [3.8, 4) is 11.1 Å². The Morgan fingerprint density at radius 3 is 2.77 bits per heavy atom. The van der Waals surface area contributed by atoms with E-state index in [0.29, 0.717) is 12.6 Å². The van der Waals surface area contributed by atoms with Crippen molar-refractivity contribution in [2.45, 2.75) is 25.5 Å². The van der Waals surface area contributed by atoms with Gasteiger partial charge in [-0.1, -0.05) is 30.3 Å². The Labute approximate surface area is 133 Å². The van der Waals surface area contributed by atoms with Gasteiger partial charge in [-0.15, -0.1) is 11.3 Å². The van der Waals surface area contributed by atoms with Gasteiger partial charge < -0.3 is 10.1 Å². The molecule has 2 aromatic heterocycles. The van der Waals surface area contributed by atoms with Crippen LogP contribution in [0.3, 0.4) is 0 Å². The second-order valence-electron chi connectivity index (χ2n) is 5.54. The van der Waals surface area contributed by atoms with Gasteiger partial charge in [0, 0.05) is 24.1 Å². The van der Waals surface area contributed by atoms with Crippen LogP contribution in [0.5, 0.6) is 0 Å². The van der Waals surface area contributed by atoms with E-state index in [1.165, 1.54) is 24.0 Å². The van der Waals surface area contributed by atoms with Crippen LogP contribution in [0.2, 0.25) is 0 Å². The molecule has 0 amide bonds. The predicted molar refractivity (Wildman–Crippen MR) is 90.2 cm³/mol. The van der Waals surface area contributed by atoms with Crippen LogP contribution in [0, 0.1) is 0 Å². The molecule has 2 heterocycles. The Bertz CT molecular complexity index is 796. The quantitative estimate of drug-likeness (QED) is 0.771. The van der Waals surface area contributed by atoms with Gasteiger partial charge >= 0.3 is 0 Å². The number of nitrogens with zero attached hydrogens (tertiary/aromatic N) is 2. The fraction of sp³-hybridized carbons (Fsp3) is 0.294. The lowest BCUT2D eigenvalue weighted by atomic mass is 10.1. The Kier molecular flexibility index (Phi) is 3.52. The molecule has 0 unspecified atom stereocenters. The van der Waals surface area contributed by atoms with Gasteiger partial charge in [-0.05, 0) is 18.4 Å². The number of fused-ring (bicyclic) bond motifs is 1. The van der Waals surface area contributed by atoms with Crippen LogP contribution >= 0.6 is 11.3 Å². The monoisotopic (exact) mass is 311 g/mol. The zero-order valence-corrected chi connectivity index (χ0v) is 13.2. The lowest BCUT2D eigenvalue weighted by Crippen LogP contribution is -2.07. The lowest BCUT2D eigenvalue weighted by molar-refractivity contribution is 0.178. The summed E-state index contributed by atoms with van der Waals surface area (Å²) in [5.41, 5.74) is 2.41. The molecule has 112 valence electrons. The van der Waals surface area contributed by atoms with E-state index in [-0.39, 0.29) is 0 Å². The maximum Gasteiger partial charge on any atom is 0.158 e. The highest BCUT2D eigenvalue weighted by Crippen LogP contribution is 2.38. The van der Waals surface area contributed by atoms with E-state index in [0.717, 1.165) is 21.9 Å². The first kappa shape index (κ1) is 13.7. The molecule has 5 heteroatoms. The Morgan fingerprint density at radius 2 is 2.05 bits per heavy atom. The van der Waals surface area contributed by atoms with Gasteiger partial charge in [0.2, 0.25) is 0 Å². The summed E-state index contributed by atoms with van der Waals surface area (Å²) in [5.74, 6) is 1.68. The minimum atomic E-state index is 0.438. The van der Waals surface area contributed by atoms with Crippen molar-refractivity contribution in [2.24, 2.45) is 0 Å². The first-order valence-electron chi connectivity index (χ1n) is 7.44.